The van der Waals surface area contributed by atoms with E-state index >= 15 is 0 Å². The number of carbonyl (C=O) groups excluding carboxylic acids is 1. The van der Waals surface area contributed by atoms with Gasteiger partial charge in [0.05, 0.1) is 11.8 Å². The quantitative estimate of drug-likeness (QED) is 0.884. The van der Waals surface area contributed by atoms with Gasteiger partial charge in [-0.15, -0.1) is 0 Å². The number of nitrogens with zero attached hydrogens (tertiary/aromatic N) is 3. The number of H-pyrrole nitrogens is 1. The second-order valence-corrected chi connectivity index (χ2v) is 4.82. The van der Waals surface area contributed by atoms with Crippen molar-refractivity contribution in [1.29, 1.82) is 0 Å². The van der Waals surface area contributed by atoms with Gasteiger partial charge in [0, 0.05) is 32.3 Å². The van der Waals surface area contributed by atoms with E-state index in [1.54, 1.807) is 23.2 Å². The summed E-state index contributed by atoms with van der Waals surface area (Å²) >= 11 is 0. The molecule has 2 aromatic rings. The molecule has 1 aliphatic rings. The largest absolute Gasteiger partial charge is 0.355 e. The SMILES string of the molecule is O=C1CCCCN1CCn1cnc2cc[nH]c2c1=O. The third-order valence-electron chi connectivity index (χ3n) is 3.57. The van der Waals surface area contributed by atoms with Gasteiger partial charge in [-0.25, -0.2) is 4.98 Å². The van der Waals surface area contributed by atoms with Gasteiger partial charge < -0.3 is 9.88 Å². The first-order valence-electron chi connectivity index (χ1n) is 6.56. The number of carbonyl (C=O) groups is 1. The van der Waals surface area contributed by atoms with Crippen LogP contribution in [0.3, 0.4) is 0 Å². The summed E-state index contributed by atoms with van der Waals surface area (Å²) < 4.78 is 1.56. The van der Waals surface area contributed by atoms with E-state index in [4.69, 9.17) is 0 Å². The van der Waals surface area contributed by atoms with Crippen LogP contribution in [0.25, 0.3) is 11.0 Å². The Morgan fingerprint density at radius 1 is 1.26 bits per heavy atom. The zero-order chi connectivity index (χ0) is 13.2. The average Bonchev–Trinajstić information content (AvgIpc) is 2.89. The van der Waals surface area contributed by atoms with Crippen LogP contribution in [-0.4, -0.2) is 38.4 Å². The van der Waals surface area contributed by atoms with E-state index in [2.05, 4.69) is 9.97 Å². The molecule has 0 atom stereocenters. The lowest BCUT2D eigenvalue weighted by molar-refractivity contribution is -0.133. The Labute approximate surface area is 110 Å². The van der Waals surface area contributed by atoms with Crippen LogP contribution in [0.5, 0.6) is 0 Å². The van der Waals surface area contributed by atoms with E-state index in [0.717, 1.165) is 19.4 Å². The topological polar surface area (TPSA) is 71.0 Å². The van der Waals surface area contributed by atoms with Gasteiger partial charge in [0.25, 0.3) is 5.56 Å². The van der Waals surface area contributed by atoms with Crippen molar-refractivity contribution < 1.29 is 4.79 Å². The highest BCUT2D eigenvalue weighted by Gasteiger charge is 2.17. The third-order valence-corrected chi connectivity index (χ3v) is 3.57. The number of likely N-dealkylation sites (tertiary alicyclic amines) is 1. The number of aromatic nitrogens is 3. The lowest BCUT2D eigenvalue weighted by Crippen LogP contribution is -2.38. The van der Waals surface area contributed by atoms with Crippen LogP contribution in [0, 0.1) is 0 Å². The number of amides is 1. The maximum Gasteiger partial charge on any atom is 0.277 e. The number of hydrogen-bond acceptors (Lipinski definition) is 3. The Morgan fingerprint density at radius 3 is 3.00 bits per heavy atom. The highest BCUT2D eigenvalue weighted by molar-refractivity contribution is 5.76. The molecule has 0 saturated carbocycles. The molecule has 1 N–H and O–H groups in total. The lowest BCUT2D eigenvalue weighted by Gasteiger charge is -2.26. The van der Waals surface area contributed by atoms with E-state index in [0.29, 0.717) is 30.5 Å². The summed E-state index contributed by atoms with van der Waals surface area (Å²) in [5.74, 6) is 0.188. The molecule has 0 unspecified atom stereocenters. The van der Waals surface area contributed by atoms with Gasteiger partial charge in [0.15, 0.2) is 0 Å². The summed E-state index contributed by atoms with van der Waals surface area (Å²) in [6.45, 7) is 1.87. The zero-order valence-corrected chi connectivity index (χ0v) is 10.6. The number of rotatable bonds is 3. The minimum absolute atomic E-state index is 0.0838. The van der Waals surface area contributed by atoms with Crippen molar-refractivity contribution in [1.82, 2.24) is 19.4 Å². The van der Waals surface area contributed by atoms with Gasteiger partial charge in [-0.1, -0.05) is 0 Å². The highest BCUT2D eigenvalue weighted by Crippen LogP contribution is 2.10. The molecule has 19 heavy (non-hydrogen) atoms. The van der Waals surface area contributed by atoms with Gasteiger partial charge in [-0.3, -0.25) is 14.2 Å². The second-order valence-electron chi connectivity index (χ2n) is 4.82. The molecule has 1 aliphatic heterocycles. The minimum Gasteiger partial charge on any atom is -0.355 e. The molecule has 0 spiro atoms. The Kier molecular flexibility index (Phi) is 3.06. The van der Waals surface area contributed by atoms with Crippen molar-refractivity contribution in [2.75, 3.05) is 13.1 Å². The predicted molar refractivity (Wildman–Crippen MR) is 70.8 cm³/mol. The molecule has 2 aromatic heterocycles. The number of nitrogens with one attached hydrogen (secondary N) is 1. The molecule has 6 nitrogen and oxygen atoms in total. The van der Waals surface area contributed by atoms with Crippen LogP contribution in [0.15, 0.2) is 23.4 Å². The van der Waals surface area contributed by atoms with Crippen molar-refractivity contribution >= 4 is 16.9 Å². The second kappa shape index (κ2) is 4.87. The first kappa shape index (κ1) is 12.0. The molecule has 0 bridgehead atoms. The van der Waals surface area contributed by atoms with Crippen molar-refractivity contribution in [3.8, 4) is 0 Å². The first-order valence-corrected chi connectivity index (χ1v) is 6.56. The Hall–Kier alpha value is -2.11. The van der Waals surface area contributed by atoms with E-state index in [-0.39, 0.29) is 11.5 Å². The fourth-order valence-corrected chi connectivity index (χ4v) is 2.45. The van der Waals surface area contributed by atoms with E-state index in [9.17, 15) is 9.59 Å². The van der Waals surface area contributed by atoms with Crippen LogP contribution in [0.2, 0.25) is 0 Å². The van der Waals surface area contributed by atoms with Gasteiger partial charge in [0.2, 0.25) is 5.91 Å². The molecule has 0 radical (unpaired) electrons. The molecule has 3 heterocycles. The van der Waals surface area contributed by atoms with Gasteiger partial charge in [0.1, 0.15) is 5.52 Å². The van der Waals surface area contributed by atoms with Crippen LogP contribution >= 0.6 is 0 Å². The van der Waals surface area contributed by atoms with Crippen molar-refractivity contribution in [3.63, 3.8) is 0 Å². The third kappa shape index (κ3) is 2.25. The standard InChI is InChI=1S/C13H16N4O2/c18-11-3-1-2-6-16(11)7-8-17-9-15-10-4-5-14-12(10)13(17)19/h4-5,9,14H,1-3,6-8H2. The number of piperidine rings is 1. The molecule has 100 valence electrons. The highest BCUT2D eigenvalue weighted by atomic mass is 16.2. The predicted octanol–water partition coefficient (Wildman–Crippen LogP) is 0.737. The smallest absolute Gasteiger partial charge is 0.277 e. The monoisotopic (exact) mass is 260 g/mol. The van der Waals surface area contributed by atoms with E-state index in [1.165, 1.54) is 0 Å². The van der Waals surface area contributed by atoms with Gasteiger partial charge in [-0.05, 0) is 18.9 Å². The fraction of sp³-hybridized carbons (Fsp3) is 0.462. The molecular formula is C13H16N4O2. The maximum absolute atomic E-state index is 12.1. The zero-order valence-electron chi connectivity index (χ0n) is 10.6. The van der Waals surface area contributed by atoms with Crippen molar-refractivity contribution in [2.24, 2.45) is 0 Å². The Bertz CT molecular complexity index is 658. The molecule has 0 aliphatic carbocycles. The minimum atomic E-state index is -0.0838. The number of fused-ring (bicyclic) bond motifs is 1. The summed E-state index contributed by atoms with van der Waals surface area (Å²) in [7, 11) is 0. The summed E-state index contributed by atoms with van der Waals surface area (Å²) in [5.41, 5.74) is 1.11. The average molecular weight is 260 g/mol. The normalized spacial score (nSPS) is 16.2. The molecule has 1 saturated heterocycles. The van der Waals surface area contributed by atoms with Crippen LogP contribution in [-0.2, 0) is 11.3 Å². The van der Waals surface area contributed by atoms with Crippen LogP contribution in [0.1, 0.15) is 19.3 Å². The van der Waals surface area contributed by atoms with Gasteiger partial charge in [-0.2, -0.15) is 0 Å². The van der Waals surface area contributed by atoms with Crippen molar-refractivity contribution in [2.45, 2.75) is 25.8 Å². The maximum atomic E-state index is 12.1. The van der Waals surface area contributed by atoms with Crippen LogP contribution in [0.4, 0.5) is 0 Å². The summed E-state index contributed by atoms with van der Waals surface area (Å²) in [6.07, 6.45) is 5.91. The van der Waals surface area contributed by atoms with E-state index < -0.39 is 0 Å². The molecule has 6 heteroatoms. The molecule has 1 amide bonds. The summed E-state index contributed by atoms with van der Waals surface area (Å²) in [4.78, 5) is 32.8. The van der Waals surface area contributed by atoms with Gasteiger partial charge >= 0.3 is 0 Å². The Morgan fingerprint density at radius 2 is 2.16 bits per heavy atom. The fourth-order valence-electron chi connectivity index (χ4n) is 2.45. The Balaban J connectivity index is 1.76. The number of hydrogen-bond donors (Lipinski definition) is 1. The first-order chi connectivity index (χ1) is 9.25. The molecule has 3 rings (SSSR count). The molecular weight excluding hydrogens is 244 g/mol. The molecule has 1 fully saturated rings. The van der Waals surface area contributed by atoms with Crippen LogP contribution < -0.4 is 5.56 Å². The lowest BCUT2D eigenvalue weighted by atomic mass is 10.1. The number of aromatic amines is 1. The summed E-state index contributed by atoms with van der Waals surface area (Å²) in [6, 6.07) is 1.77. The molecule has 0 aromatic carbocycles. The van der Waals surface area contributed by atoms with Crippen molar-refractivity contribution in [3.05, 3.63) is 28.9 Å². The summed E-state index contributed by atoms with van der Waals surface area (Å²) in [5, 5.41) is 0. The van der Waals surface area contributed by atoms with E-state index in [1.807, 2.05) is 4.90 Å².